The Morgan fingerprint density at radius 3 is 2.79 bits per heavy atom. The number of H-pyrrole nitrogens is 1. The van der Waals surface area contributed by atoms with Crippen LogP contribution in [0.4, 0.5) is 0 Å². The minimum Gasteiger partial charge on any atom is -0.351 e. The van der Waals surface area contributed by atoms with Crippen LogP contribution in [0.1, 0.15) is 16.8 Å². The summed E-state index contributed by atoms with van der Waals surface area (Å²) in [5.74, 6) is -0.159. The van der Waals surface area contributed by atoms with E-state index in [0.717, 1.165) is 32.7 Å². The number of nitrogens with zero attached hydrogens (tertiary/aromatic N) is 1. The number of amides is 1. The fraction of sp³-hybridized carbons (Fsp3) is 0.136. The van der Waals surface area contributed by atoms with Gasteiger partial charge in [0, 0.05) is 28.6 Å². The molecule has 0 bridgehead atoms. The minimum atomic E-state index is -0.184. The Bertz CT molecular complexity index is 1200. The number of fused-ring (bicyclic) bond motifs is 1. The molecule has 0 aliphatic carbocycles. The molecule has 140 valence electrons. The van der Waals surface area contributed by atoms with E-state index < -0.39 is 0 Å². The smallest absolute Gasteiger partial charge is 0.253 e. The lowest BCUT2D eigenvalue weighted by Crippen LogP contribution is -2.28. The normalized spacial score (nSPS) is 10.9. The van der Waals surface area contributed by atoms with Crippen LogP contribution >= 0.6 is 11.3 Å². The van der Waals surface area contributed by atoms with Crippen molar-refractivity contribution in [3.8, 4) is 10.6 Å². The lowest BCUT2D eigenvalue weighted by molar-refractivity contribution is -0.120. The van der Waals surface area contributed by atoms with Gasteiger partial charge in [-0.1, -0.05) is 42.0 Å². The number of carbonyl (C=O) groups is 1. The molecule has 5 nitrogen and oxygen atoms in total. The van der Waals surface area contributed by atoms with E-state index in [9.17, 15) is 9.59 Å². The molecule has 0 saturated carbocycles. The van der Waals surface area contributed by atoms with Crippen LogP contribution in [0.5, 0.6) is 0 Å². The van der Waals surface area contributed by atoms with Crippen molar-refractivity contribution >= 4 is 28.1 Å². The largest absolute Gasteiger partial charge is 0.351 e. The van der Waals surface area contributed by atoms with E-state index in [-0.39, 0.29) is 24.4 Å². The number of benzene rings is 2. The molecule has 0 fully saturated rings. The monoisotopic (exact) mass is 389 g/mol. The van der Waals surface area contributed by atoms with Gasteiger partial charge in [0.1, 0.15) is 5.01 Å². The number of nitrogens with one attached hydrogen (secondary N) is 2. The summed E-state index contributed by atoms with van der Waals surface area (Å²) in [6.07, 6.45) is 0.188. The zero-order valence-electron chi connectivity index (χ0n) is 15.4. The highest BCUT2D eigenvalue weighted by atomic mass is 32.1. The number of hydrogen-bond donors (Lipinski definition) is 2. The predicted octanol–water partition coefficient (Wildman–Crippen LogP) is 3.82. The van der Waals surface area contributed by atoms with Crippen LogP contribution in [0, 0.1) is 6.92 Å². The molecule has 2 N–H and O–H groups in total. The Hall–Kier alpha value is -3.25. The highest BCUT2D eigenvalue weighted by molar-refractivity contribution is 7.13. The van der Waals surface area contributed by atoms with Crippen molar-refractivity contribution < 1.29 is 4.79 Å². The summed E-state index contributed by atoms with van der Waals surface area (Å²) in [6.45, 7) is 2.19. The van der Waals surface area contributed by atoms with Gasteiger partial charge >= 0.3 is 0 Å². The molecule has 0 aliphatic heterocycles. The molecule has 4 aromatic rings. The van der Waals surface area contributed by atoms with Crippen molar-refractivity contribution in [2.24, 2.45) is 0 Å². The molecule has 2 aromatic heterocycles. The van der Waals surface area contributed by atoms with Gasteiger partial charge in [0.25, 0.3) is 5.56 Å². The summed E-state index contributed by atoms with van der Waals surface area (Å²) in [5.41, 5.74) is 4.03. The molecule has 28 heavy (non-hydrogen) atoms. The summed E-state index contributed by atoms with van der Waals surface area (Å²) in [5, 5.41) is 6.57. The second-order valence-corrected chi connectivity index (χ2v) is 7.54. The van der Waals surface area contributed by atoms with Gasteiger partial charge in [0.15, 0.2) is 0 Å². The van der Waals surface area contributed by atoms with E-state index in [1.165, 1.54) is 11.3 Å². The zero-order chi connectivity index (χ0) is 19.5. The van der Waals surface area contributed by atoms with Crippen molar-refractivity contribution in [1.82, 2.24) is 15.3 Å². The van der Waals surface area contributed by atoms with E-state index in [1.54, 1.807) is 0 Å². The number of aromatic nitrogens is 2. The van der Waals surface area contributed by atoms with Crippen molar-refractivity contribution in [1.29, 1.82) is 0 Å². The third kappa shape index (κ3) is 4.02. The molecule has 0 spiro atoms. The van der Waals surface area contributed by atoms with Crippen molar-refractivity contribution in [3.05, 3.63) is 87.2 Å². The quantitative estimate of drug-likeness (QED) is 0.545. The predicted molar refractivity (Wildman–Crippen MR) is 112 cm³/mol. The van der Waals surface area contributed by atoms with E-state index in [4.69, 9.17) is 0 Å². The molecule has 2 heterocycles. The summed E-state index contributed by atoms with van der Waals surface area (Å²) >= 11 is 1.52. The number of thiazole rings is 1. The molecule has 1 amide bonds. The number of hydrogen-bond acceptors (Lipinski definition) is 4. The molecule has 0 atom stereocenters. The summed E-state index contributed by atoms with van der Waals surface area (Å²) in [6, 6.07) is 17.6. The van der Waals surface area contributed by atoms with Gasteiger partial charge < -0.3 is 10.3 Å². The van der Waals surface area contributed by atoms with Crippen LogP contribution in [0.3, 0.4) is 0 Å². The number of aryl methyl sites for hydroxylation is 1. The fourth-order valence-electron chi connectivity index (χ4n) is 3.02. The summed E-state index contributed by atoms with van der Waals surface area (Å²) in [7, 11) is 0. The SMILES string of the molecule is Cc1ccc2[nH]c(=O)c(CNC(=O)Cc3csc(-c4ccccc4)n3)cc2c1. The van der Waals surface area contributed by atoms with Gasteiger partial charge in [-0.2, -0.15) is 0 Å². The lowest BCUT2D eigenvalue weighted by Gasteiger charge is -2.06. The Morgan fingerprint density at radius 2 is 1.96 bits per heavy atom. The molecule has 0 saturated heterocycles. The van der Waals surface area contributed by atoms with Gasteiger partial charge in [0.05, 0.1) is 12.1 Å². The second-order valence-electron chi connectivity index (χ2n) is 6.68. The second kappa shape index (κ2) is 7.78. The molecule has 2 aromatic carbocycles. The third-order valence-corrected chi connectivity index (χ3v) is 5.41. The summed E-state index contributed by atoms with van der Waals surface area (Å²) < 4.78 is 0. The highest BCUT2D eigenvalue weighted by Crippen LogP contribution is 2.23. The molecule has 4 rings (SSSR count). The van der Waals surface area contributed by atoms with Gasteiger partial charge in [-0.3, -0.25) is 9.59 Å². The van der Waals surface area contributed by atoms with Crippen LogP contribution < -0.4 is 10.9 Å². The van der Waals surface area contributed by atoms with E-state index in [1.807, 2.05) is 66.9 Å². The lowest BCUT2D eigenvalue weighted by atomic mass is 10.1. The fourth-order valence-corrected chi connectivity index (χ4v) is 3.85. The van der Waals surface area contributed by atoms with E-state index >= 15 is 0 Å². The molecular formula is C22H19N3O2S. The average Bonchev–Trinajstić information content (AvgIpc) is 3.16. The first-order valence-corrected chi connectivity index (χ1v) is 9.85. The molecule has 6 heteroatoms. The first kappa shape index (κ1) is 18.1. The van der Waals surface area contributed by atoms with Crippen molar-refractivity contribution in [3.63, 3.8) is 0 Å². The van der Waals surface area contributed by atoms with Crippen LogP contribution in [0.25, 0.3) is 21.5 Å². The Balaban J connectivity index is 1.42. The van der Waals surface area contributed by atoms with Crippen molar-refractivity contribution in [2.75, 3.05) is 0 Å². The third-order valence-electron chi connectivity index (χ3n) is 4.47. The average molecular weight is 389 g/mol. The minimum absolute atomic E-state index is 0.159. The standard InChI is InChI=1S/C22H19N3O2S/c1-14-7-8-19-16(9-14)10-17(21(27)25-19)12-23-20(26)11-18-13-28-22(24-18)15-5-3-2-4-6-15/h2-10,13H,11-12H2,1H3,(H,23,26)(H,25,27). The van der Waals surface area contributed by atoms with Gasteiger partial charge in [-0.25, -0.2) is 4.98 Å². The molecule has 0 unspecified atom stereocenters. The van der Waals surface area contributed by atoms with Crippen LogP contribution in [-0.4, -0.2) is 15.9 Å². The number of carbonyl (C=O) groups excluding carboxylic acids is 1. The van der Waals surface area contributed by atoms with Gasteiger partial charge in [-0.15, -0.1) is 11.3 Å². The van der Waals surface area contributed by atoms with Crippen LogP contribution in [-0.2, 0) is 17.8 Å². The van der Waals surface area contributed by atoms with E-state index in [0.29, 0.717) is 5.56 Å². The summed E-state index contributed by atoms with van der Waals surface area (Å²) in [4.78, 5) is 31.9. The molecular weight excluding hydrogens is 370 g/mol. The first-order valence-electron chi connectivity index (χ1n) is 8.97. The Kier molecular flexibility index (Phi) is 5.04. The topological polar surface area (TPSA) is 74.8 Å². The number of pyridine rings is 1. The van der Waals surface area contributed by atoms with Crippen molar-refractivity contribution in [2.45, 2.75) is 19.9 Å². The van der Waals surface area contributed by atoms with Gasteiger partial charge in [-0.05, 0) is 30.5 Å². The van der Waals surface area contributed by atoms with Crippen LogP contribution in [0.15, 0.2) is 64.8 Å². The maximum atomic E-state index is 12.3. The van der Waals surface area contributed by atoms with E-state index in [2.05, 4.69) is 15.3 Å². The van der Waals surface area contributed by atoms with Gasteiger partial charge in [0.2, 0.25) is 5.91 Å². The Labute approximate surface area is 166 Å². The highest BCUT2D eigenvalue weighted by Gasteiger charge is 2.10. The van der Waals surface area contributed by atoms with Crippen LogP contribution in [0.2, 0.25) is 0 Å². The Morgan fingerprint density at radius 1 is 1.14 bits per heavy atom. The maximum Gasteiger partial charge on any atom is 0.253 e. The first-order chi connectivity index (χ1) is 13.6. The molecule has 0 aliphatic rings. The zero-order valence-corrected chi connectivity index (χ0v) is 16.2. The molecule has 0 radical (unpaired) electrons. The maximum absolute atomic E-state index is 12.3. The number of rotatable bonds is 5. The number of aromatic amines is 1.